The van der Waals surface area contributed by atoms with Crippen molar-refractivity contribution in [2.24, 2.45) is 70.0 Å². The molecule has 44 heavy (non-hydrogen) atoms. The van der Waals surface area contributed by atoms with Gasteiger partial charge in [0.2, 0.25) is 0 Å². The zero-order chi connectivity index (χ0) is 31.6. The van der Waals surface area contributed by atoms with Gasteiger partial charge in [0.25, 0.3) is 0 Å². The summed E-state index contributed by atoms with van der Waals surface area (Å²) < 4.78 is 24.6. The molecule has 0 aliphatic heterocycles. The van der Waals surface area contributed by atoms with Gasteiger partial charge in [-0.2, -0.15) is 0 Å². The second-order valence-corrected chi connectivity index (χ2v) is 17.7. The lowest BCUT2D eigenvalue weighted by atomic mass is 9.65. The van der Waals surface area contributed by atoms with Gasteiger partial charge in [-0.05, 0) is 136 Å². The van der Waals surface area contributed by atoms with Gasteiger partial charge in [0.05, 0.1) is 24.0 Å². The molecular weight excluding hydrogens is 552 g/mol. The van der Waals surface area contributed by atoms with E-state index in [4.69, 9.17) is 18.9 Å². The van der Waals surface area contributed by atoms with Crippen LogP contribution < -0.4 is 0 Å². The Morgan fingerprint density at radius 2 is 0.955 bits per heavy atom. The molecule has 6 aliphatic rings. The molecule has 10 atom stereocenters. The maximum absolute atomic E-state index is 13.9. The molecule has 6 nitrogen and oxygen atoms in total. The van der Waals surface area contributed by atoms with Crippen molar-refractivity contribution in [3.05, 3.63) is 12.2 Å². The van der Waals surface area contributed by atoms with Crippen molar-refractivity contribution < 1.29 is 28.5 Å². The topological polar surface area (TPSA) is 71.1 Å². The van der Waals surface area contributed by atoms with Gasteiger partial charge in [-0.3, -0.25) is 9.59 Å². The summed E-state index contributed by atoms with van der Waals surface area (Å²) in [5.74, 6) is 2.32. The number of hydrogen-bond acceptors (Lipinski definition) is 6. The highest BCUT2D eigenvalue weighted by Crippen LogP contribution is 2.69. The van der Waals surface area contributed by atoms with E-state index in [-0.39, 0.29) is 36.0 Å². The number of rotatable bonds is 8. The van der Waals surface area contributed by atoms with Crippen LogP contribution in [0.1, 0.15) is 120 Å². The molecule has 4 bridgehead atoms. The second kappa shape index (κ2) is 12.3. The Kier molecular flexibility index (Phi) is 9.11. The number of esters is 2. The third-order valence-electron chi connectivity index (χ3n) is 13.1. The second-order valence-electron chi connectivity index (χ2n) is 17.7. The van der Waals surface area contributed by atoms with Gasteiger partial charge in [0.1, 0.15) is 0 Å². The van der Waals surface area contributed by atoms with Gasteiger partial charge in [-0.1, -0.05) is 53.7 Å². The molecule has 0 N–H and O–H groups in total. The number of carbonyl (C=O) groups excluding carboxylic acids is 2. The minimum Gasteiger partial charge on any atom is -0.436 e. The normalized spacial score (nSPS) is 42.6. The first-order valence-electron chi connectivity index (χ1n) is 18.1. The SMILES string of the molecule is CC(OC(=O)C1C2CC(C1C(=O)OC(C)OC1CCC(C(C)(C)C)CC1)C1C3C=CC(C3)C21)OC1CCC(C(C)(C)C)CC1. The van der Waals surface area contributed by atoms with Crippen LogP contribution in [0.4, 0.5) is 0 Å². The first-order chi connectivity index (χ1) is 20.7. The highest BCUT2D eigenvalue weighted by atomic mass is 16.7. The number of hydrogen-bond donors (Lipinski definition) is 0. The van der Waals surface area contributed by atoms with Crippen LogP contribution in [0.3, 0.4) is 0 Å². The molecule has 6 heteroatoms. The fraction of sp³-hybridized carbons (Fsp3) is 0.895. The van der Waals surface area contributed by atoms with Crippen LogP contribution in [0.2, 0.25) is 0 Å². The predicted molar refractivity (Wildman–Crippen MR) is 170 cm³/mol. The van der Waals surface area contributed by atoms with Crippen molar-refractivity contribution in [2.75, 3.05) is 0 Å². The number of carbonyl (C=O) groups is 2. The predicted octanol–water partition coefficient (Wildman–Crippen LogP) is 8.33. The van der Waals surface area contributed by atoms with E-state index in [0.717, 1.165) is 57.8 Å². The van der Waals surface area contributed by atoms with Gasteiger partial charge >= 0.3 is 11.9 Å². The monoisotopic (exact) mass is 612 g/mol. The van der Waals surface area contributed by atoms with Gasteiger partial charge in [-0.15, -0.1) is 0 Å². The minimum atomic E-state index is -0.615. The third kappa shape index (κ3) is 6.42. The summed E-state index contributed by atoms with van der Waals surface area (Å²) in [5.41, 5.74) is 0.630. The molecular formula is C38H60O6. The van der Waals surface area contributed by atoms with E-state index in [1.165, 1.54) is 6.42 Å². The average Bonchev–Trinajstić information content (AvgIpc) is 3.72. The van der Waals surface area contributed by atoms with Crippen LogP contribution in [0.25, 0.3) is 0 Å². The molecule has 6 rings (SSSR count). The summed E-state index contributed by atoms with van der Waals surface area (Å²) in [4.78, 5) is 27.9. The molecule has 0 aromatic heterocycles. The van der Waals surface area contributed by atoms with Gasteiger partial charge < -0.3 is 18.9 Å². The summed E-state index contributed by atoms with van der Waals surface area (Å²) in [6.45, 7) is 17.6. The highest BCUT2D eigenvalue weighted by Gasteiger charge is 2.68. The van der Waals surface area contributed by atoms with E-state index in [1.54, 1.807) is 0 Å². The van der Waals surface area contributed by atoms with Crippen LogP contribution in [0.15, 0.2) is 12.2 Å². The Morgan fingerprint density at radius 1 is 0.591 bits per heavy atom. The Labute approximate surface area is 266 Å². The lowest BCUT2D eigenvalue weighted by molar-refractivity contribution is -0.208. The van der Waals surface area contributed by atoms with Crippen LogP contribution in [-0.2, 0) is 28.5 Å². The van der Waals surface area contributed by atoms with E-state index >= 15 is 0 Å². The summed E-state index contributed by atoms with van der Waals surface area (Å²) in [6.07, 6.45) is 14.4. The lowest BCUT2D eigenvalue weighted by Gasteiger charge is -2.40. The standard InChI is InChI=1S/C38H60O6/c1-21(41-27-15-11-25(12-16-27)37(3,4)5)43-35(39)33-29-20-30(32-24-10-9-23(19-24)31(29)32)34(33)36(40)44-22(2)42-28-17-13-26(14-18-28)38(6,7)8/h9-10,21-34H,11-20H2,1-8H3. The Bertz CT molecular complexity index is 986. The van der Waals surface area contributed by atoms with Crippen molar-refractivity contribution >= 4 is 11.9 Å². The summed E-state index contributed by atoms with van der Waals surface area (Å²) in [5, 5.41) is 0. The first kappa shape index (κ1) is 32.5. The van der Waals surface area contributed by atoms with Gasteiger partial charge in [0, 0.05) is 0 Å². The molecule has 6 aliphatic carbocycles. The maximum Gasteiger partial charge on any atom is 0.312 e. The van der Waals surface area contributed by atoms with Crippen LogP contribution in [0.5, 0.6) is 0 Å². The molecule has 0 aromatic carbocycles. The van der Waals surface area contributed by atoms with Crippen molar-refractivity contribution in [3.8, 4) is 0 Å². The average molecular weight is 613 g/mol. The summed E-state index contributed by atoms with van der Waals surface area (Å²) in [7, 11) is 0. The maximum atomic E-state index is 13.9. The lowest BCUT2D eigenvalue weighted by Crippen LogP contribution is -2.46. The third-order valence-corrected chi connectivity index (χ3v) is 13.1. The van der Waals surface area contributed by atoms with E-state index in [9.17, 15) is 9.59 Å². The first-order valence-corrected chi connectivity index (χ1v) is 18.1. The van der Waals surface area contributed by atoms with Crippen molar-refractivity contribution in [2.45, 2.75) is 144 Å². The van der Waals surface area contributed by atoms with Gasteiger partial charge in [-0.25, -0.2) is 0 Å². The van der Waals surface area contributed by atoms with E-state index < -0.39 is 24.4 Å². The van der Waals surface area contributed by atoms with E-state index in [1.807, 2.05) is 13.8 Å². The Morgan fingerprint density at radius 3 is 1.30 bits per heavy atom. The quantitative estimate of drug-likeness (QED) is 0.119. The Hall–Kier alpha value is -1.40. The number of ether oxygens (including phenoxy) is 4. The highest BCUT2D eigenvalue weighted by molar-refractivity contribution is 5.84. The van der Waals surface area contributed by atoms with E-state index in [0.29, 0.717) is 46.3 Å². The molecule has 0 saturated heterocycles. The fourth-order valence-corrected chi connectivity index (χ4v) is 10.9. The van der Waals surface area contributed by atoms with Crippen molar-refractivity contribution in [3.63, 3.8) is 0 Å². The molecule has 5 fully saturated rings. The molecule has 0 spiro atoms. The van der Waals surface area contributed by atoms with E-state index in [2.05, 4.69) is 53.7 Å². The molecule has 248 valence electrons. The molecule has 10 unspecified atom stereocenters. The van der Waals surface area contributed by atoms with Crippen LogP contribution in [-0.4, -0.2) is 36.7 Å². The van der Waals surface area contributed by atoms with Gasteiger partial charge in [0.15, 0.2) is 12.6 Å². The fourth-order valence-electron chi connectivity index (χ4n) is 10.9. The molecule has 0 heterocycles. The number of fused-ring (bicyclic) bond motifs is 9. The smallest absolute Gasteiger partial charge is 0.312 e. The van der Waals surface area contributed by atoms with Crippen molar-refractivity contribution in [1.82, 2.24) is 0 Å². The molecule has 0 amide bonds. The molecule has 5 saturated carbocycles. The van der Waals surface area contributed by atoms with Crippen LogP contribution in [0, 0.1) is 70.0 Å². The largest absolute Gasteiger partial charge is 0.436 e. The molecule has 0 aromatic rings. The molecule has 0 radical (unpaired) electrons. The summed E-state index contributed by atoms with van der Waals surface area (Å²) in [6, 6.07) is 0. The zero-order valence-electron chi connectivity index (χ0n) is 28.8. The summed E-state index contributed by atoms with van der Waals surface area (Å²) >= 11 is 0. The Balaban J connectivity index is 1.07. The number of allylic oxidation sites excluding steroid dienone is 2. The minimum absolute atomic E-state index is 0.119. The zero-order valence-corrected chi connectivity index (χ0v) is 28.8. The van der Waals surface area contributed by atoms with Crippen LogP contribution >= 0.6 is 0 Å². The van der Waals surface area contributed by atoms with Crippen molar-refractivity contribution in [1.29, 1.82) is 0 Å².